The third-order valence-corrected chi connectivity index (χ3v) is 3.37. The number of hydrogen-bond acceptors (Lipinski definition) is 3. The molecule has 0 rings (SSSR count). The predicted octanol–water partition coefficient (Wildman–Crippen LogP) is 3.87. The van der Waals surface area contributed by atoms with Crippen LogP contribution in [0.5, 0.6) is 0 Å². The first-order valence-electron chi connectivity index (χ1n) is 7.90. The van der Waals surface area contributed by atoms with Gasteiger partial charge in [-0.05, 0) is 52.4 Å². The molecule has 22 heavy (non-hydrogen) atoms. The maximum Gasteiger partial charge on any atom is 0.331 e. The normalized spacial score (nSPS) is 15.5. The van der Waals surface area contributed by atoms with E-state index < -0.39 is 5.97 Å². The molecule has 0 aromatic carbocycles. The van der Waals surface area contributed by atoms with E-state index >= 15 is 0 Å². The monoisotopic (exact) mass is 310 g/mol. The highest BCUT2D eigenvalue weighted by atomic mass is 16.5. The van der Waals surface area contributed by atoms with Crippen LogP contribution in [0.15, 0.2) is 36.0 Å². The van der Waals surface area contributed by atoms with Gasteiger partial charge < -0.3 is 14.9 Å². The zero-order valence-electron chi connectivity index (χ0n) is 14.0. The quantitative estimate of drug-likeness (QED) is 0.248. The molecule has 4 heteroatoms. The van der Waals surface area contributed by atoms with Crippen molar-refractivity contribution in [3.05, 3.63) is 36.0 Å². The Morgan fingerprint density at radius 2 is 1.86 bits per heavy atom. The fourth-order valence-electron chi connectivity index (χ4n) is 1.89. The van der Waals surface area contributed by atoms with Crippen LogP contribution < -0.4 is 0 Å². The molecule has 0 aliphatic rings. The number of carbonyl (C=O) groups is 1. The van der Waals surface area contributed by atoms with Crippen LogP contribution in [0.2, 0.25) is 0 Å². The zero-order valence-corrected chi connectivity index (χ0v) is 14.0. The van der Waals surface area contributed by atoms with Crippen molar-refractivity contribution in [2.75, 3.05) is 7.11 Å². The number of hydrogen-bond donors (Lipinski definition) is 2. The van der Waals surface area contributed by atoms with Gasteiger partial charge in [0.25, 0.3) is 0 Å². The lowest BCUT2D eigenvalue weighted by atomic mass is 10.1. The minimum Gasteiger partial charge on any atom is -0.478 e. The van der Waals surface area contributed by atoms with Gasteiger partial charge in [-0.1, -0.05) is 30.4 Å². The molecule has 0 bridgehead atoms. The number of aliphatic carboxylic acids is 1. The largest absolute Gasteiger partial charge is 0.478 e. The number of carboxylic acids is 1. The van der Waals surface area contributed by atoms with Gasteiger partial charge >= 0.3 is 5.97 Å². The third-order valence-electron chi connectivity index (χ3n) is 3.37. The molecule has 0 fully saturated rings. The summed E-state index contributed by atoms with van der Waals surface area (Å²) in [5.41, 5.74) is 0.324. The Kier molecular flexibility index (Phi) is 12.4. The smallest absolute Gasteiger partial charge is 0.331 e. The summed E-state index contributed by atoms with van der Waals surface area (Å²) in [4.78, 5) is 10.6. The second kappa shape index (κ2) is 13.3. The fraction of sp³-hybridized carbons (Fsp3) is 0.611. The summed E-state index contributed by atoms with van der Waals surface area (Å²) in [5.74, 6) is -0.895. The van der Waals surface area contributed by atoms with E-state index in [-0.39, 0.29) is 12.2 Å². The van der Waals surface area contributed by atoms with E-state index in [0.29, 0.717) is 5.57 Å². The number of methoxy groups -OCH3 is 1. The van der Waals surface area contributed by atoms with Crippen LogP contribution in [-0.4, -0.2) is 35.5 Å². The average Bonchev–Trinajstić information content (AvgIpc) is 2.47. The van der Waals surface area contributed by atoms with Crippen molar-refractivity contribution < 1.29 is 19.7 Å². The lowest BCUT2D eigenvalue weighted by Crippen LogP contribution is -2.08. The number of ether oxygens (including phenoxy) is 1. The highest BCUT2D eigenvalue weighted by Gasteiger charge is 2.03. The van der Waals surface area contributed by atoms with E-state index in [1.807, 2.05) is 13.0 Å². The molecule has 0 aliphatic carbocycles. The van der Waals surface area contributed by atoms with E-state index in [0.717, 1.165) is 38.5 Å². The molecule has 0 aliphatic heterocycles. The van der Waals surface area contributed by atoms with E-state index in [1.165, 1.54) is 0 Å². The summed E-state index contributed by atoms with van der Waals surface area (Å²) in [5, 5.41) is 17.9. The molecule has 0 aromatic rings. The third kappa shape index (κ3) is 12.4. The van der Waals surface area contributed by atoms with E-state index in [9.17, 15) is 4.79 Å². The summed E-state index contributed by atoms with van der Waals surface area (Å²) in [6, 6.07) is 0. The van der Waals surface area contributed by atoms with Crippen molar-refractivity contribution in [2.24, 2.45) is 0 Å². The van der Waals surface area contributed by atoms with Crippen LogP contribution in [-0.2, 0) is 9.53 Å². The Morgan fingerprint density at radius 3 is 2.45 bits per heavy atom. The van der Waals surface area contributed by atoms with Gasteiger partial charge in [0.1, 0.15) is 0 Å². The molecule has 2 N–H and O–H groups in total. The van der Waals surface area contributed by atoms with Crippen molar-refractivity contribution in [3.8, 4) is 0 Å². The summed E-state index contributed by atoms with van der Waals surface area (Å²) in [6.45, 7) is 3.39. The standard InChI is InChI=1S/C18H30O4/c1-15(18(20)21)11-9-10-14-17(22-3)13-8-6-4-5-7-12-16(2)19/h4,6,9-11,16-17,19H,5,7-8,12-14H2,1-3H3,(H,20,21)/b6-4+,10-9+,15-11+/t16-,17-/m1/s1. The first-order chi connectivity index (χ1) is 10.5. The summed E-state index contributed by atoms with van der Waals surface area (Å²) >= 11 is 0. The molecule has 126 valence electrons. The average molecular weight is 310 g/mol. The second-order valence-electron chi connectivity index (χ2n) is 5.51. The Morgan fingerprint density at radius 1 is 1.18 bits per heavy atom. The SMILES string of the molecule is CO[C@@H](C/C=C/C=C(\C)C(=O)O)CC/C=C/CCC[C@@H](C)O. The van der Waals surface area contributed by atoms with Crippen LogP contribution >= 0.6 is 0 Å². The van der Waals surface area contributed by atoms with Crippen LogP contribution in [0.4, 0.5) is 0 Å². The lowest BCUT2D eigenvalue weighted by molar-refractivity contribution is -0.132. The minimum atomic E-state index is -0.895. The van der Waals surface area contributed by atoms with Gasteiger partial charge in [-0.15, -0.1) is 0 Å². The highest BCUT2D eigenvalue weighted by Crippen LogP contribution is 2.09. The van der Waals surface area contributed by atoms with E-state index in [2.05, 4.69) is 12.2 Å². The lowest BCUT2D eigenvalue weighted by Gasteiger charge is -2.11. The molecule has 0 heterocycles. The van der Waals surface area contributed by atoms with Crippen molar-refractivity contribution in [1.29, 1.82) is 0 Å². The highest BCUT2D eigenvalue weighted by molar-refractivity contribution is 5.86. The number of aliphatic hydroxyl groups is 1. The Balaban J connectivity index is 3.88. The molecule has 4 nitrogen and oxygen atoms in total. The van der Waals surface area contributed by atoms with Crippen LogP contribution in [0.1, 0.15) is 52.4 Å². The first kappa shape index (κ1) is 20.6. The topological polar surface area (TPSA) is 66.8 Å². The van der Waals surface area contributed by atoms with E-state index in [1.54, 1.807) is 26.2 Å². The molecule has 0 saturated carbocycles. The molecule has 0 saturated heterocycles. The maximum absolute atomic E-state index is 10.6. The van der Waals surface area contributed by atoms with Gasteiger partial charge in [-0.25, -0.2) is 4.79 Å². The molecular weight excluding hydrogens is 280 g/mol. The first-order valence-corrected chi connectivity index (χ1v) is 7.90. The van der Waals surface area contributed by atoms with Gasteiger partial charge in [0.15, 0.2) is 0 Å². The van der Waals surface area contributed by atoms with Gasteiger partial charge in [0, 0.05) is 12.7 Å². The molecule has 0 radical (unpaired) electrons. The number of aliphatic hydroxyl groups excluding tert-OH is 1. The van der Waals surface area contributed by atoms with Crippen molar-refractivity contribution >= 4 is 5.97 Å². The fourth-order valence-corrected chi connectivity index (χ4v) is 1.89. The van der Waals surface area contributed by atoms with E-state index in [4.69, 9.17) is 14.9 Å². The molecular formula is C18H30O4. The zero-order chi connectivity index (χ0) is 16.8. The molecule has 0 amide bonds. The van der Waals surface area contributed by atoms with Crippen molar-refractivity contribution in [1.82, 2.24) is 0 Å². The van der Waals surface area contributed by atoms with Gasteiger partial charge in [-0.3, -0.25) is 0 Å². The molecule has 0 spiro atoms. The van der Waals surface area contributed by atoms with Crippen LogP contribution in [0.25, 0.3) is 0 Å². The van der Waals surface area contributed by atoms with Crippen molar-refractivity contribution in [2.45, 2.75) is 64.6 Å². The summed E-state index contributed by atoms with van der Waals surface area (Å²) in [7, 11) is 1.70. The summed E-state index contributed by atoms with van der Waals surface area (Å²) < 4.78 is 5.41. The number of carboxylic acid groups (broad SMARTS) is 1. The number of unbranched alkanes of at least 4 members (excludes halogenated alkanes) is 1. The number of allylic oxidation sites excluding steroid dienone is 4. The molecule has 2 atom stereocenters. The molecule has 0 aromatic heterocycles. The predicted molar refractivity (Wildman–Crippen MR) is 89.9 cm³/mol. The van der Waals surface area contributed by atoms with Gasteiger partial charge in [-0.2, -0.15) is 0 Å². The Hall–Kier alpha value is -1.39. The Bertz CT molecular complexity index is 381. The van der Waals surface area contributed by atoms with Crippen LogP contribution in [0.3, 0.4) is 0 Å². The van der Waals surface area contributed by atoms with Gasteiger partial charge in [0.2, 0.25) is 0 Å². The number of rotatable bonds is 12. The minimum absolute atomic E-state index is 0.150. The van der Waals surface area contributed by atoms with Crippen molar-refractivity contribution in [3.63, 3.8) is 0 Å². The Labute approximate surface area is 134 Å². The second-order valence-corrected chi connectivity index (χ2v) is 5.51. The van der Waals surface area contributed by atoms with Gasteiger partial charge in [0.05, 0.1) is 12.2 Å². The maximum atomic E-state index is 10.6. The summed E-state index contributed by atoms with van der Waals surface area (Å²) in [6.07, 6.45) is 15.1. The van der Waals surface area contributed by atoms with Crippen LogP contribution in [0, 0.1) is 0 Å². The molecule has 0 unspecified atom stereocenters.